The van der Waals surface area contributed by atoms with Crippen LogP contribution in [0.1, 0.15) is 12.5 Å². The molecule has 0 aliphatic rings. The zero-order chi connectivity index (χ0) is 13.8. The number of carboxylic acids is 1. The minimum absolute atomic E-state index is 0.144. The molecule has 0 spiro atoms. The summed E-state index contributed by atoms with van der Waals surface area (Å²) in [6.45, 7) is 1.30. The highest BCUT2D eigenvalue weighted by atomic mass is 16.6. The molecule has 1 atom stereocenters. The number of nitrogens with zero attached hydrogens (tertiary/aromatic N) is 1. The number of ether oxygens (including phenoxy) is 1. The molecule has 1 aromatic carbocycles. The molecule has 0 fully saturated rings. The minimum atomic E-state index is -2.92. The molecule has 96 valence electrons. The molecule has 0 aliphatic carbocycles. The molecule has 0 aromatic heterocycles. The Morgan fingerprint density at radius 2 is 1.94 bits per heavy atom. The lowest BCUT2D eigenvalue weighted by atomic mass is 9.91. The summed E-state index contributed by atoms with van der Waals surface area (Å²) in [5.41, 5.74) is -3.17. The number of hydrogen-bond donors (Lipinski definition) is 1. The van der Waals surface area contributed by atoms with E-state index in [-0.39, 0.29) is 12.2 Å². The number of aliphatic carboxylic acids is 1. The summed E-state index contributed by atoms with van der Waals surface area (Å²) in [7, 11) is 0. The van der Waals surface area contributed by atoms with Crippen molar-refractivity contribution in [3.8, 4) is 0 Å². The van der Waals surface area contributed by atoms with Gasteiger partial charge in [0.05, 0.1) is 17.1 Å². The van der Waals surface area contributed by atoms with E-state index < -0.39 is 22.4 Å². The molecule has 18 heavy (non-hydrogen) atoms. The van der Waals surface area contributed by atoms with Gasteiger partial charge in [0.1, 0.15) is 0 Å². The average molecular weight is 253 g/mol. The number of hydrogen-bond acceptors (Lipinski definition) is 5. The highest BCUT2D eigenvalue weighted by molar-refractivity contribution is 6.03. The first kappa shape index (κ1) is 13.6. The van der Waals surface area contributed by atoms with Crippen LogP contribution in [-0.2, 0) is 19.9 Å². The van der Waals surface area contributed by atoms with Crippen LogP contribution in [0.2, 0.25) is 0 Å². The molecule has 1 aromatic rings. The second kappa shape index (κ2) is 5.26. The Bertz CT molecular complexity index is 456. The number of benzene rings is 1. The predicted molar refractivity (Wildman–Crippen MR) is 59.4 cm³/mol. The SMILES string of the molecule is CCOC(=O)C(C(=O)O)(c1ccccc1)[N+](=O)[O-]. The lowest BCUT2D eigenvalue weighted by Crippen LogP contribution is -2.51. The van der Waals surface area contributed by atoms with E-state index in [1.54, 1.807) is 6.07 Å². The van der Waals surface area contributed by atoms with Crippen LogP contribution in [0.3, 0.4) is 0 Å². The van der Waals surface area contributed by atoms with E-state index in [0.29, 0.717) is 0 Å². The molecule has 1 rings (SSSR count). The average Bonchev–Trinajstić information content (AvgIpc) is 2.30. The molecule has 1 unspecified atom stereocenters. The van der Waals surface area contributed by atoms with E-state index in [4.69, 9.17) is 5.11 Å². The molecular weight excluding hydrogens is 242 g/mol. The summed E-state index contributed by atoms with van der Waals surface area (Å²) in [6, 6.07) is 6.79. The van der Waals surface area contributed by atoms with Crippen LogP contribution in [-0.4, -0.2) is 28.6 Å². The van der Waals surface area contributed by atoms with Crippen molar-refractivity contribution < 1.29 is 24.4 Å². The summed E-state index contributed by atoms with van der Waals surface area (Å²) >= 11 is 0. The highest BCUT2D eigenvalue weighted by Gasteiger charge is 2.62. The smallest absolute Gasteiger partial charge is 0.435 e. The van der Waals surface area contributed by atoms with Gasteiger partial charge in [-0.2, -0.15) is 0 Å². The van der Waals surface area contributed by atoms with Gasteiger partial charge in [0.2, 0.25) is 0 Å². The van der Waals surface area contributed by atoms with Crippen LogP contribution >= 0.6 is 0 Å². The molecule has 0 saturated carbocycles. The number of carboxylic acid groups (broad SMARTS) is 1. The maximum absolute atomic E-state index is 11.7. The number of carbonyl (C=O) groups excluding carboxylic acids is 1. The van der Waals surface area contributed by atoms with Gasteiger partial charge in [-0.15, -0.1) is 0 Å². The van der Waals surface area contributed by atoms with Crippen LogP contribution in [0.4, 0.5) is 0 Å². The first-order chi connectivity index (χ1) is 8.47. The van der Waals surface area contributed by atoms with E-state index in [1.165, 1.54) is 31.2 Å². The zero-order valence-electron chi connectivity index (χ0n) is 9.53. The first-order valence-corrected chi connectivity index (χ1v) is 5.08. The third-order valence-electron chi connectivity index (χ3n) is 2.35. The fraction of sp³-hybridized carbons (Fsp3) is 0.273. The van der Waals surface area contributed by atoms with E-state index >= 15 is 0 Å². The molecule has 0 amide bonds. The van der Waals surface area contributed by atoms with Crippen molar-refractivity contribution in [3.05, 3.63) is 46.0 Å². The largest absolute Gasteiger partial charge is 0.475 e. The van der Waals surface area contributed by atoms with E-state index in [1.807, 2.05) is 0 Å². The van der Waals surface area contributed by atoms with Gasteiger partial charge in [-0.3, -0.25) is 10.1 Å². The molecule has 0 heterocycles. The second-order valence-corrected chi connectivity index (χ2v) is 3.36. The van der Waals surface area contributed by atoms with Crippen molar-refractivity contribution >= 4 is 11.9 Å². The van der Waals surface area contributed by atoms with Crippen molar-refractivity contribution in [1.29, 1.82) is 0 Å². The van der Waals surface area contributed by atoms with Crippen LogP contribution < -0.4 is 0 Å². The lowest BCUT2D eigenvalue weighted by Gasteiger charge is -2.19. The van der Waals surface area contributed by atoms with Gasteiger partial charge < -0.3 is 9.84 Å². The maximum atomic E-state index is 11.7. The summed E-state index contributed by atoms with van der Waals surface area (Å²) in [5.74, 6) is -3.29. The topological polar surface area (TPSA) is 107 Å². The zero-order valence-corrected chi connectivity index (χ0v) is 9.53. The quantitative estimate of drug-likeness (QED) is 0.360. The third-order valence-corrected chi connectivity index (χ3v) is 2.35. The van der Waals surface area contributed by atoms with Gasteiger partial charge in [0.25, 0.3) is 0 Å². The summed E-state index contributed by atoms with van der Waals surface area (Å²) < 4.78 is 4.52. The molecule has 1 N–H and O–H groups in total. The Hall–Kier alpha value is -2.44. The Labute approximate surface area is 102 Å². The fourth-order valence-corrected chi connectivity index (χ4v) is 1.50. The molecule has 0 bridgehead atoms. The van der Waals surface area contributed by atoms with Gasteiger partial charge in [-0.05, 0) is 6.92 Å². The van der Waals surface area contributed by atoms with E-state index in [2.05, 4.69) is 4.74 Å². The van der Waals surface area contributed by atoms with E-state index in [9.17, 15) is 19.7 Å². The van der Waals surface area contributed by atoms with Crippen molar-refractivity contribution in [2.75, 3.05) is 6.61 Å². The first-order valence-electron chi connectivity index (χ1n) is 5.08. The molecule has 7 heteroatoms. The summed E-state index contributed by atoms with van der Waals surface area (Å²) in [4.78, 5) is 32.9. The van der Waals surface area contributed by atoms with Crippen molar-refractivity contribution in [2.45, 2.75) is 12.5 Å². The number of carbonyl (C=O) groups is 2. The monoisotopic (exact) mass is 253 g/mol. The van der Waals surface area contributed by atoms with Gasteiger partial charge in [0.15, 0.2) is 0 Å². The lowest BCUT2D eigenvalue weighted by molar-refractivity contribution is -0.549. The fourth-order valence-electron chi connectivity index (χ4n) is 1.50. The maximum Gasteiger partial charge on any atom is 0.435 e. The molecule has 0 saturated heterocycles. The summed E-state index contributed by atoms with van der Waals surface area (Å²) in [6.07, 6.45) is 0. The Kier molecular flexibility index (Phi) is 3.98. The van der Waals surface area contributed by atoms with Crippen LogP contribution in [0.25, 0.3) is 0 Å². The molecule has 0 radical (unpaired) electrons. The van der Waals surface area contributed by atoms with Gasteiger partial charge >= 0.3 is 17.5 Å². The molecule has 7 nitrogen and oxygen atoms in total. The normalized spacial score (nSPS) is 13.4. The number of esters is 1. The number of rotatable bonds is 5. The van der Waals surface area contributed by atoms with Crippen molar-refractivity contribution in [1.82, 2.24) is 0 Å². The highest BCUT2D eigenvalue weighted by Crippen LogP contribution is 2.27. The Morgan fingerprint density at radius 1 is 1.39 bits per heavy atom. The third kappa shape index (κ3) is 2.02. The van der Waals surface area contributed by atoms with Gasteiger partial charge in [-0.1, -0.05) is 30.3 Å². The van der Waals surface area contributed by atoms with Crippen LogP contribution in [0.15, 0.2) is 30.3 Å². The van der Waals surface area contributed by atoms with Crippen LogP contribution in [0.5, 0.6) is 0 Å². The van der Waals surface area contributed by atoms with Crippen LogP contribution in [0, 0.1) is 10.1 Å². The molecule has 0 aliphatic heterocycles. The van der Waals surface area contributed by atoms with E-state index in [0.717, 1.165) is 0 Å². The second-order valence-electron chi connectivity index (χ2n) is 3.36. The predicted octanol–water partition coefficient (Wildman–Crippen LogP) is 0.806. The van der Waals surface area contributed by atoms with Crippen molar-refractivity contribution in [3.63, 3.8) is 0 Å². The minimum Gasteiger partial charge on any atom is -0.475 e. The molecular formula is C11H11NO6. The summed E-state index contributed by atoms with van der Waals surface area (Å²) in [5, 5.41) is 20.2. The Balaban J connectivity index is 3.46. The Morgan fingerprint density at radius 3 is 2.33 bits per heavy atom. The van der Waals surface area contributed by atoms with Gasteiger partial charge in [0, 0.05) is 0 Å². The standard InChI is InChI=1S/C11H11NO6/c1-2-18-10(15)11(9(13)14,12(16)17)8-6-4-3-5-7-8/h3-7H,2H2,1H3,(H,13,14). The van der Waals surface area contributed by atoms with Gasteiger partial charge in [-0.25, -0.2) is 9.59 Å². The number of nitro groups is 1. The van der Waals surface area contributed by atoms with Crippen molar-refractivity contribution in [2.24, 2.45) is 0 Å².